The molecule has 2 heterocycles. The molecule has 1 aliphatic heterocycles. The Bertz CT molecular complexity index is 1640. The minimum atomic E-state index is -4.16. The van der Waals surface area contributed by atoms with Crippen LogP contribution in [0.2, 0.25) is 0 Å². The van der Waals surface area contributed by atoms with E-state index in [2.05, 4.69) is 30.9 Å². The lowest BCUT2D eigenvalue weighted by Gasteiger charge is -2.21. The molecule has 4 rings (SSSR count). The molecule has 0 aliphatic carbocycles. The largest absolute Gasteiger partial charge is 0.398 e. The van der Waals surface area contributed by atoms with Gasteiger partial charge in [-0.15, -0.1) is 0 Å². The summed E-state index contributed by atoms with van der Waals surface area (Å²) in [6.07, 6.45) is 4.76. The number of allylic oxidation sites excluding steroid dienone is 2. The van der Waals surface area contributed by atoms with Crippen molar-refractivity contribution in [1.82, 2.24) is 0 Å². The Hall–Kier alpha value is -2.64. The van der Waals surface area contributed by atoms with Crippen molar-refractivity contribution >= 4 is 54.9 Å². The fourth-order valence-electron chi connectivity index (χ4n) is 4.27. The summed E-state index contributed by atoms with van der Waals surface area (Å²) in [7, 11) is -8.16. The van der Waals surface area contributed by atoms with E-state index in [1.165, 1.54) is 5.56 Å². The second-order valence-corrected chi connectivity index (χ2v) is 13.6. The number of thioether (sulfide) groups is 1. The summed E-state index contributed by atoms with van der Waals surface area (Å²) in [6.45, 7) is 6.65. The van der Waals surface area contributed by atoms with E-state index in [4.69, 9.17) is 8.97 Å². The number of fused-ring (bicyclic) bond motifs is 2. The van der Waals surface area contributed by atoms with E-state index in [-0.39, 0.29) is 12.3 Å². The molecule has 204 valence electrons. The van der Waals surface area contributed by atoms with Crippen molar-refractivity contribution in [1.29, 1.82) is 0 Å². The van der Waals surface area contributed by atoms with E-state index in [1.807, 2.05) is 37.3 Å². The van der Waals surface area contributed by atoms with Crippen LogP contribution in [0, 0.1) is 13.8 Å². The summed E-state index contributed by atoms with van der Waals surface area (Å²) in [5, 5.41) is 0.964. The van der Waals surface area contributed by atoms with Crippen LogP contribution in [0.3, 0.4) is 0 Å². The number of anilines is 1. The van der Waals surface area contributed by atoms with E-state index < -0.39 is 26.0 Å². The van der Waals surface area contributed by atoms with Gasteiger partial charge in [0, 0.05) is 17.5 Å². The first-order chi connectivity index (χ1) is 17.8. The van der Waals surface area contributed by atoms with Gasteiger partial charge in [-0.3, -0.25) is 9.11 Å². The third kappa shape index (κ3) is 7.06. The van der Waals surface area contributed by atoms with Gasteiger partial charge in [0.05, 0.1) is 22.5 Å². The van der Waals surface area contributed by atoms with Gasteiger partial charge >= 0.3 is 5.89 Å². The number of hydrogen-bond donors (Lipinski definition) is 2. The van der Waals surface area contributed by atoms with Gasteiger partial charge in [0.25, 0.3) is 25.8 Å². The van der Waals surface area contributed by atoms with E-state index in [1.54, 1.807) is 22.4 Å². The number of benzene rings is 2. The number of nitrogens with zero attached hydrogens (tertiary/aromatic N) is 2. The molecule has 0 saturated carbocycles. The lowest BCUT2D eigenvalue weighted by Crippen LogP contribution is -2.38. The molecule has 12 heteroatoms. The van der Waals surface area contributed by atoms with Crippen LogP contribution in [0.4, 0.5) is 5.69 Å². The lowest BCUT2D eigenvalue weighted by molar-refractivity contribution is -0.673. The molecule has 0 unspecified atom stereocenters. The molecule has 0 bridgehead atoms. The van der Waals surface area contributed by atoms with Crippen molar-refractivity contribution in [2.45, 2.75) is 45.1 Å². The molecule has 2 N–H and O–H groups in total. The third-order valence-corrected chi connectivity index (χ3v) is 8.89. The summed E-state index contributed by atoms with van der Waals surface area (Å²) in [5.74, 6) is -0.263. The number of aryl methyl sites for hydroxylation is 3. The van der Waals surface area contributed by atoms with E-state index in [9.17, 15) is 21.4 Å². The highest BCUT2D eigenvalue weighted by atomic mass is 32.2. The topological polar surface area (TPSA) is 129 Å². The van der Waals surface area contributed by atoms with Crippen LogP contribution >= 0.6 is 11.8 Å². The molecule has 9 nitrogen and oxygen atoms in total. The van der Waals surface area contributed by atoms with Crippen molar-refractivity contribution < 1.29 is 34.9 Å². The molecule has 0 atom stereocenters. The van der Waals surface area contributed by atoms with Crippen molar-refractivity contribution in [2.75, 3.05) is 23.0 Å². The van der Waals surface area contributed by atoms with Gasteiger partial charge in [0.2, 0.25) is 5.58 Å². The first kappa shape index (κ1) is 28.4. The number of para-hydroxylation sites is 2. The molecule has 0 amide bonds. The minimum Gasteiger partial charge on any atom is -0.398 e. The smallest absolute Gasteiger partial charge is 0.374 e. The Morgan fingerprint density at radius 1 is 1.03 bits per heavy atom. The Balaban J connectivity index is 1.66. The van der Waals surface area contributed by atoms with Crippen molar-refractivity contribution in [3.8, 4) is 0 Å². The van der Waals surface area contributed by atoms with Crippen molar-refractivity contribution in [3.05, 3.63) is 70.1 Å². The van der Waals surface area contributed by atoms with E-state index >= 15 is 0 Å². The van der Waals surface area contributed by atoms with Gasteiger partial charge in [-0.25, -0.2) is 0 Å². The molecule has 0 fully saturated rings. The third-order valence-electron chi connectivity index (χ3n) is 6.29. The summed E-state index contributed by atoms with van der Waals surface area (Å²) >= 11 is 1.62. The number of unbranched alkanes of at least 4 members (excludes halogenated alkanes) is 1. The molecular weight excluding hydrogens is 548 g/mol. The second kappa shape index (κ2) is 11.2. The molecule has 1 aromatic heterocycles. The van der Waals surface area contributed by atoms with Crippen molar-refractivity contribution in [2.24, 2.45) is 0 Å². The zero-order valence-corrected chi connectivity index (χ0v) is 23.9. The summed E-state index contributed by atoms with van der Waals surface area (Å²) in [6, 6.07) is 11.6. The summed E-state index contributed by atoms with van der Waals surface area (Å²) in [4.78, 5) is 3.26. The average molecular weight is 580 g/mol. The van der Waals surface area contributed by atoms with Crippen LogP contribution in [0.25, 0.3) is 17.2 Å². The van der Waals surface area contributed by atoms with Crippen LogP contribution in [0.1, 0.15) is 36.8 Å². The molecule has 2 aromatic carbocycles. The van der Waals surface area contributed by atoms with Gasteiger partial charge in [-0.05, 0) is 74.6 Å². The van der Waals surface area contributed by atoms with Gasteiger partial charge in [0.1, 0.15) is 5.75 Å². The number of oxazole rings is 1. The quantitative estimate of drug-likeness (QED) is 0.199. The van der Waals surface area contributed by atoms with Gasteiger partial charge in [0.15, 0.2) is 6.54 Å². The summed E-state index contributed by atoms with van der Waals surface area (Å²) < 4.78 is 71.2. The molecule has 1 aliphatic rings. The lowest BCUT2D eigenvalue weighted by atomic mass is 10.1. The van der Waals surface area contributed by atoms with Crippen LogP contribution in [0.5, 0.6) is 0 Å². The monoisotopic (exact) mass is 579 g/mol. The summed E-state index contributed by atoms with van der Waals surface area (Å²) in [5.41, 5.74) is 5.56. The van der Waals surface area contributed by atoms with E-state index in [0.717, 1.165) is 32.3 Å². The highest BCUT2D eigenvalue weighted by Gasteiger charge is 2.27. The fraction of sp³-hybridized carbons (Fsp3) is 0.346. The maximum Gasteiger partial charge on any atom is 0.374 e. The predicted molar refractivity (Wildman–Crippen MR) is 149 cm³/mol. The molecular formula is C26H31N2O7S3+. The van der Waals surface area contributed by atoms with E-state index in [0.29, 0.717) is 30.9 Å². The second-order valence-electron chi connectivity index (χ2n) is 9.37. The number of hydrogen-bond acceptors (Lipinski definition) is 7. The maximum atomic E-state index is 11.4. The van der Waals surface area contributed by atoms with Gasteiger partial charge in [-0.2, -0.15) is 21.4 Å². The highest BCUT2D eigenvalue weighted by Crippen LogP contribution is 2.47. The highest BCUT2D eigenvalue weighted by molar-refractivity contribution is 8.03. The number of rotatable bonds is 10. The first-order valence-corrected chi connectivity index (χ1v) is 16.1. The normalized spacial score (nSPS) is 15.6. The zero-order chi connectivity index (χ0) is 27.7. The predicted octanol–water partition coefficient (Wildman–Crippen LogP) is 4.75. The molecule has 3 aromatic rings. The average Bonchev–Trinajstić information content (AvgIpc) is 3.31. The van der Waals surface area contributed by atoms with Gasteiger partial charge in [-0.1, -0.05) is 23.9 Å². The number of aromatic nitrogens is 1. The first-order valence-electron chi connectivity index (χ1n) is 12.1. The Morgan fingerprint density at radius 3 is 2.42 bits per heavy atom. The van der Waals surface area contributed by atoms with Crippen LogP contribution in [-0.4, -0.2) is 44.0 Å². The standard InChI is InChI=1S/C26H30N2O7S3/c1-18(14-25-27(11-13-38(32,33)34)21-8-4-5-9-23(21)35-25)15-26-28(10-6-7-12-37(29,30)31)22-16-19(2)20(3)17-24(22)36-26/h4-5,8-9,14-17H,6-7,10-13H2,1-3H3,(H-,29,30,31,32,33,34)/p+1. The fourth-order valence-corrected chi connectivity index (χ4v) is 6.54. The minimum absolute atomic E-state index is 0.0319. The zero-order valence-electron chi connectivity index (χ0n) is 21.4. The van der Waals surface area contributed by atoms with Gasteiger partial charge < -0.3 is 9.32 Å². The van der Waals surface area contributed by atoms with Crippen LogP contribution in [0.15, 0.2) is 62.4 Å². The molecule has 0 radical (unpaired) electrons. The van der Waals surface area contributed by atoms with Crippen LogP contribution in [-0.2, 0) is 26.8 Å². The molecule has 38 heavy (non-hydrogen) atoms. The molecule has 0 saturated heterocycles. The maximum absolute atomic E-state index is 11.4. The Morgan fingerprint density at radius 2 is 1.71 bits per heavy atom. The molecule has 0 spiro atoms. The Labute approximate surface area is 227 Å². The Kier molecular flexibility index (Phi) is 8.38. The van der Waals surface area contributed by atoms with Crippen LogP contribution < -0.4 is 9.47 Å². The van der Waals surface area contributed by atoms with Crippen molar-refractivity contribution in [3.63, 3.8) is 0 Å². The SMILES string of the molecule is CC(/C=C1\Sc2cc(C)c(C)cc2N1CCCCS(=O)(=O)O)=C\c1oc2ccccc2[n+]1CCS(=O)(=O)O.